The Morgan fingerprint density at radius 2 is 1.58 bits per heavy atom. The molecule has 2 aliphatic rings. The van der Waals surface area contributed by atoms with E-state index in [1.54, 1.807) is 0 Å². The first-order chi connectivity index (χ1) is 12.6. The van der Waals surface area contributed by atoms with Crippen molar-refractivity contribution in [2.45, 2.75) is 33.6 Å². The molecule has 1 aromatic rings. The molecular formula is C20H33N5O. The van der Waals surface area contributed by atoms with Gasteiger partial charge in [-0.2, -0.15) is 0 Å². The molecule has 6 nitrogen and oxygen atoms in total. The van der Waals surface area contributed by atoms with Crippen LogP contribution in [0.5, 0.6) is 0 Å². The summed E-state index contributed by atoms with van der Waals surface area (Å²) in [6.07, 6.45) is 2.03. The smallest absolute Gasteiger partial charge is 0.322 e. The Balaban J connectivity index is 1.78. The topological polar surface area (TPSA) is 42.9 Å². The van der Waals surface area contributed by atoms with Crippen molar-refractivity contribution in [1.29, 1.82) is 0 Å². The number of rotatable bonds is 2. The number of hydrogen-bond acceptors (Lipinski definition) is 4. The maximum atomic E-state index is 13.4. The van der Waals surface area contributed by atoms with Crippen LogP contribution >= 0.6 is 0 Å². The molecule has 1 aromatic heterocycles. The molecule has 0 saturated carbocycles. The number of urea groups is 1. The largest absolute Gasteiger partial charge is 0.325 e. The van der Waals surface area contributed by atoms with Gasteiger partial charge in [-0.25, -0.2) is 9.78 Å². The van der Waals surface area contributed by atoms with Crippen LogP contribution < -0.4 is 4.90 Å². The zero-order chi connectivity index (χ0) is 18.5. The van der Waals surface area contributed by atoms with Gasteiger partial charge in [0.15, 0.2) is 0 Å². The lowest BCUT2D eigenvalue weighted by atomic mass is 10.1. The Labute approximate surface area is 157 Å². The summed E-state index contributed by atoms with van der Waals surface area (Å²) in [5.74, 6) is 0.876. The minimum Gasteiger partial charge on any atom is -0.322 e. The van der Waals surface area contributed by atoms with Crippen molar-refractivity contribution in [3.8, 4) is 0 Å². The van der Waals surface area contributed by atoms with Gasteiger partial charge in [0, 0.05) is 51.5 Å². The summed E-state index contributed by atoms with van der Waals surface area (Å²) < 4.78 is 0. The van der Waals surface area contributed by atoms with Crippen molar-refractivity contribution < 1.29 is 4.79 Å². The SMILES string of the molecule is CCN1CCN(CC)CCN(C(=O)N2CCCc3ccc(C)nc32)CC1. The average molecular weight is 360 g/mol. The molecule has 0 atom stereocenters. The first-order valence-electron chi connectivity index (χ1n) is 10.1. The van der Waals surface area contributed by atoms with Crippen LogP contribution in [0.1, 0.15) is 31.5 Å². The van der Waals surface area contributed by atoms with Crippen LogP contribution in [0.4, 0.5) is 10.6 Å². The number of aromatic nitrogens is 1. The maximum Gasteiger partial charge on any atom is 0.325 e. The molecule has 144 valence electrons. The summed E-state index contributed by atoms with van der Waals surface area (Å²) in [4.78, 5) is 26.9. The van der Waals surface area contributed by atoms with Gasteiger partial charge in [0.05, 0.1) is 0 Å². The fraction of sp³-hybridized carbons (Fsp3) is 0.700. The van der Waals surface area contributed by atoms with Crippen LogP contribution in [0, 0.1) is 6.92 Å². The number of nitrogens with zero attached hydrogens (tertiary/aromatic N) is 5. The molecule has 1 saturated heterocycles. The molecule has 0 aliphatic carbocycles. The van der Waals surface area contributed by atoms with Crippen LogP contribution in [-0.2, 0) is 6.42 Å². The quantitative estimate of drug-likeness (QED) is 0.812. The minimum atomic E-state index is 0.123. The highest BCUT2D eigenvalue weighted by Gasteiger charge is 2.28. The van der Waals surface area contributed by atoms with E-state index < -0.39 is 0 Å². The van der Waals surface area contributed by atoms with Crippen LogP contribution in [0.25, 0.3) is 0 Å². The Kier molecular flexibility index (Phi) is 6.48. The predicted molar refractivity (Wildman–Crippen MR) is 106 cm³/mol. The third kappa shape index (κ3) is 4.35. The lowest BCUT2D eigenvalue weighted by molar-refractivity contribution is 0.192. The average Bonchev–Trinajstić information content (AvgIpc) is 2.77. The van der Waals surface area contributed by atoms with Gasteiger partial charge in [0.1, 0.15) is 5.82 Å². The van der Waals surface area contributed by atoms with E-state index in [2.05, 4.69) is 29.7 Å². The standard InChI is InChI=1S/C20H33N5O/c1-4-22-11-12-23(5-2)14-16-24(15-13-22)20(26)25-10-6-7-18-9-8-17(3)21-19(18)25/h8-9H,4-7,10-16H2,1-3H3. The molecule has 26 heavy (non-hydrogen) atoms. The van der Waals surface area contributed by atoms with Crippen molar-refractivity contribution in [2.75, 3.05) is 63.8 Å². The van der Waals surface area contributed by atoms with Crippen molar-refractivity contribution in [1.82, 2.24) is 19.7 Å². The molecule has 6 heteroatoms. The maximum absolute atomic E-state index is 13.4. The fourth-order valence-electron chi connectivity index (χ4n) is 3.86. The van der Waals surface area contributed by atoms with Gasteiger partial charge < -0.3 is 14.7 Å². The summed E-state index contributed by atoms with van der Waals surface area (Å²) in [6.45, 7) is 14.9. The molecule has 0 N–H and O–H groups in total. The van der Waals surface area contributed by atoms with Crippen LogP contribution in [-0.4, -0.2) is 84.6 Å². The zero-order valence-electron chi connectivity index (χ0n) is 16.6. The van der Waals surface area contributed by atoms with Crippen LogP contribution in [0.3, 0.4) is 0 Å². The van der Waals surface area contributed by atoms with E-state index in [9.17, 15) is 4.79 Å². The number of hydrogen-bond donors (Lipinski definition) is 0. The summed E-state index contributed by atoms with van der Waals surface area (Å²) in [7, 11) is 0. The summed E-state index contributed by atoms with van der Waals surface area (Å²) in [5, 5.41) is 0. The van der Waals surface area contributed by atoms with E-state index >= 15 is 0 Å². The van der Waals surface area contributed by atoms with Gasteiger partial charge in [-0.1, -0.05) is 19.9 Å². The molecule has 3 heterocycles. The lowest BCUT2D eigenvalue weighted by Crippen LogP contribution is -2.49. The van der Waals surface area contributed by atoms with E-state index in [0.29, 0.717) is 0 Å². The molecule has 0 bridgehead atoms. The number of fused-ring (bicyclic) bond motifs is 1. The lowest BCUT2D eigenvalue weighted by Gasteiger charge is -2.34. The minimum absolute atomic E-state index is 0.123. The molecule has 0 radical (unpaired) electrons. The number of anilines is 1. The van der Waals surface area contributed by atoms with Crippen LogP contribution in [0.2, 0.25) is 0 Å². The summed E-state index contributed by atoms with van der Waals surface area (Å²) in [5.41, 5.74) is 2.17. The van der Waals surface area contributed by atoms with Gasteiger partial charge in [0.25, 0.3) is 0 Å². The number of amides is 2. The van der Waals surface area contributed by atoms with Gasteiger partial charge >= 0.3 is 6.03 Å². The molecule has 3 rings (SSSR count). The molecule has 1 fully saturated rings. The number of carbonyl (C=O) groups excluding carboxylic acids is 1. The molecule has 2 aliphatic heterocycles. The molecular weight excluding hydrogens is 326 g/mol. The first-order valence-corrected chi connectivity index (χ1v) is 10.1. The van der Waals surface area contributed by atoms with Gasteiger partial charge in [-0.3, -0.25) is 4.90 Å². The number of carbonyl (C=O) groups is 1. The highest BCUT2D eigenvalue weighted by atomic mass is 16.2. The van der Waals surface area contributed by atoms with E-state index in [1.165, 1.54) is 5.56 Å². The second-order valence-corrected chi connectivity index (χ2v) is 7.33. The van der Waals surface area contributed by atoms with E-state index in [4.69, 9.17) is 4.98 Å². The number of likely N-dealkylation sites (N-methyl/N-ethyl adjacent to an activating group) is 2. The Hall–Kier alpha value is -1.66. The predicted octanol–water partition coefficient (Wildman–Crippen LogP) is 2.22. The monoisotopic (exact) mass is 359 g/mol. The zero-order valence-corrected chi connectivity index (χ0v) is 16.6. The van der Waals surface area contributed by atoms with Crippen molar-refractivity contribution in [3.05, 3.63) is 23.4 Å². The molecule has 0 aromatic carbocycles. The first kappa shape index (κ1) is 19.1. The van der Waals surface area contributed by atoms with Crippen molar-refractivity contribution in [2.24, 2.45) is 0 Å². The molecule has 2 amide bonds. The second kappa shape index (κ2) is 8.82. The van der Waals surface area contributed by atoms with E-state index in [1.807, 2.05) is 22.8 Å². The highest BCUT2D eigenvalue weighted by molar-refractivity contribution is 5.92. The van der Waals surface area contributed by atoms with Gasteiger partial charge in [0.2, 0.25) is 0 Å². The number of pyridine rings is 1. The van der Waals surface area contributed by atoms with Gasteiger partial charge in [-0.15, -0.1) is 0 Å². The van der Waals surface area contributed by atoms with Crippen molar-refractivity contribution >= 4 is 11.8 Å². The van der Waals surface area contributed by atoms with E-state index in [-0.39, 0.29) is 6.03 Å². The summed E-state index contributed by atoms with van der Waals surface area (Å²) in [6, 6.07) is 4.30. The Morgan fingerprint density at radius 3 is 2.19 bits per heavy atom. The Morgan fingerprint density at radius 1 is 0.962 bits per heavy atom. The number of aryl methyl sites for hydroxylation is 2. The molecule has 0 spiro atoms. The second-order valence-electron chi connectivity index (χ2n) is 7.33. The van der Waals surface area contributed by atoms with E-state index in [0.717, 1.165) is 83.3 Å². The Bertz CT molecular complexity index is 604. The van der Waals surface area contributed by atoms with Crippen molar-refractivity contribution in [3.63, 3.8) is 0 Å². The fourth-order valence-corrected chi connectivity index (χ4v) is 3.86. The third-order valence-electron chi connectivity index (χ3n) is 5.68. The summed E-state index contributed by atoms with van der Waals surface area (Å²) >= 11 is 0. The molecule has 0 unspecified atom stereocenters. The normalized spacial score (nSPS) is 20.3. The van der Waals surface area contributed by atoms with Crippen LogP contribution in [0.15, 0.2) is 12.1 Å². The van der Waals surface area contributed by atoms with Gasteiger partial charge in [-0.05, 0) is 44.5 Å². The third-order valence-corrected chi connectivity index (χ3v) is 5.68. The highest BCUT2D eigenvalue weighted by Crippen LogP contribution is 2.26.